The molecular formula is C20H18N2O3S. The van der Waals surface area contributed by atoms with E-state index in [0.717, 1.165) is 27.3 Å². The van der Waals surface area contributed by atoms with Crippen LogP contribution in [0.5, 0.6) is 0 Å². The molecule has 0 aliphatic carbocycles. The Balaban J connectivity index is 2.01. The molecule has 0 atom stereocenters. The highest BCUT2D eigenvalue weighted by Gasteiger charge is 2.23. The number of nitrogens with zero attached hydrogens (tertiary/aromatic N) is 1. The van der Waals surface area contributed by atoms with Gasteiger partial charge in [-0.25, -0.2) is 4.79 Å². The Labute approximate surface area is 155 Å². The first kappa shape index (κ1) is 17.7. The van der Waals surface area contributed by atoms with Gasteiger partial charge in [-0.15, -0.1) is 11.3 Å². The van der Waals surface area contributed by atoms with Gasteiger partial charge in [0.25, 0.3) is 5.91 Å². The lowest BCUT2D eigenvalue weighted by Crippen LogP contribution is -2.27. The summed E-state index contributed by atoms with van der Waals surface area (Å²) < 4.78 is 0. The van der Waals surface area contributed by atoms with Gasteiger partial charge < -0.3 is 15.7 Å². The number of rotatable bonds is 4. The van der Waals surface area contributed by atoms with Crippen molar-refractivity contribution in [3.05, 3.63) is 70.6 Å². The van der Waals surface area contributed by atoms with Crippen molar-refractivity contribution < 1.29 is 14.7 Å². The van der Waals surface area contributed by atoms with Crippen LogP contribution in [-0.4, -0.2) is 24.0 Å². The lowest BCUT2D eigenvalue weighted by molar-refractivity contribution is 0.0703. The fourth-order valence-electron chi connectivity index (χ4n) is 2.62. The number of carboxylic acids is 1. The van der Waals surface area contributed by atoms with Gasteiger partial charge in [0.1, 0.15) is 4.88 Å². The minimum atomic E-state index is -1.07. The van der Waals surface area contributed by atoms with Gasteiger partial charge in [-0.2, -0.15) is 0 Å². The van der Waals surface area contributed by atoms with Crippen LogP contribution in [-0.2, 0) is 0 Å². The SMILES string of the molecule is Cc1ccc(C(=O)N(C)c2cc(-c3cccc(N)c3)sc2C(=O)O)cc1. The summed E-state index contributed by atoms with van der Waals surface area (Å²) in [5.41, 5.74) is 9.16. The lowest BCUT2D eigenvalue weighted by Gasteiger charge is -2.17. The smallest absolute Gasteiger partial charge is 0.348 e. The highest BCUT2D eigenvalue weighted by Crippen LogP contribution is 2.37. The zero-order valence-corrected chi connectivity index (χ0v) is 15.2. The van der Waals surface area contributed by atoms with Gasteiger partial charge in [0, 0.05) is 23.2 Å². The summed E-state index contributed by atoms with van der Waals surface area (Å²) in [5.74, 6) is -1.33. The number of nitrogens with two attached hydrogens (primary N) is 1. The van der Waals surface area contributed by atoms with Crippen molar-refractivity contribution >= 4 is 34.6 Å². The topological polar surface area (TPSA) is 83.6 Å². The molecule has 0 fully saturated rings. The first-order valence-electron chi connectivity index (χ1n) is 7.94. The van der Waals surface area contributed by atoms with Gasteiger partial charge in [-0.1, -0.05) is 29.8 Å². The molecule has 26 heavy (non-hydrogen) atoms. The predicted octanol–water partition coefficient (Wildman–Crippen LogP) is 4.28. The van der Waals surface area contributed by atoms with Crippen molar-refractivity contribution in [3.63, 3.8) is 0 Å². The molecule has 0 saturated heterocycles. The average Bonchev–Trinajstić information content (AvgIpc) is 3.07. The molecular weight excluding hydrogens is 348 g/mol. The Morgan fingerprint density at radius 3 is 2.38 bits per heavy atom. The van der Waals surface area contributed by atoms with E-state index in [1.54, 1.807) is 37.4 Å². The van der Waals surface area contributed by atoms with E-state index >= 15 is 0 Å². The molecule has 0 radical (unpaired) electrons. The fraction of sp³-hybridized carbons (Fsp3) is 0.100. The molecule has 0 spiro atoms. The van der Waals surface area contributed by atoms with Crippen molar-refractivity contribution in [3.8, 4) is 10.4 Å². The number of anilines is 2. The quantitative estimate of drug-likeness (QED) is 0.675. The van der Waals surface area contributed by atoms with E-state index in [0.29, 0.717) is 16.9 Å². The van der Waals surface area contributed by atoms with Gasteiger partial charge in [-0.05, 0) is 42.8 Å². The maximum Gasteiger partial charge on any atom is 0.348 e. The number of nitrogen functional groups attached to an aromatic ring is 1. The third-order valence-electron chi connectivity index (χ3n) is 4.04. The zero-order chi connectivity index (χ0) is 18.8. The third-order valence-corrected chi connectivity index (χ3v) is 5.20. The monoisotopic (exact) mass is 366 g/mol. The van der Waals surface area contributed by atoms with E-state index < -0.39 is 5.97 Å². The van der Waals surface area contributed by atoms with Crippen LogP contribution < -0.4 is 10.6 Å². The highest BCUT2D eigenvalue weighted by molar-refractivity contribution is 7.18. The second-order valence-electron chi connectivity index (χ2n) is 5.99. The summed E-state index contributed by atoms with van der Waals surface area (Å²) in [5, 5.41) is 9.57. The molecule has 3 rings (SSSR count). The van der Waals surface area contributed by atoms with Gasteiger partial charge >= 0.3 is 5.97 Å². The number of thiophene rings is 1. The second-order valence-corrected chi connectivity index (χ2v) is 7.04. The molecule has 2 aromatic carbocycles. The van der Waals surface area contributed by atoms with Gasteiger partial charge in [0.05, 0.1) is 5.69 Å². The van der Waals surface area contributed by atoms with E-state index in [4.69, 9.17) is 5.73 Å². The maximum atomic E-state index is 12.7. The van der Waals surface area contributed by atoms with E-state index in [-0.39, 0.29) is 10.8 Å². The highest BCUT2D eigenvalue weighted by atomic mass is 32.1. The maximum absolute atomic E-state index is 12.7. The fourth-order valence-corrected chi connectivity index (χ4v) is 3.64. The molecule has 0 bridgehead atoms. The lowest BCUT2D eigenvalue weighted by atomic mass is 10.1. The van der Waals surface area contributed by atoms with Crippen LogP contribution in [0.2, 0.25) is 0 Å². The molecule has 5 nitrogen and oxygen atoms in total. The molecule has 0 aliphatic rings. The molecule has 0 unspecified atom stereocenters. The summed E-state index contributed by atoms with van der Waals surface area (Å²) in [7, 11) is 1.58. The molecule has 3 aromatic rings. The average molecular weight is 366 g/mol. The normalized spacial score (nSPS) is 10.5. The van der Waals surface area contributed by atoms with Gasteiger partial charge in [-0.3, -0.25) is 4.79 Å². The molecule has 1 heterocycles. The van der Waals surface area contributed by atoms with Crippen LogP contribution in [0.3, 0.4) is 0 Å². The Hall–Kier alpha value is -3.12. The Kier molecular flexibility index (Phi) is 4.77. The number of carboxylic acid groups (broad SMARTS) is 1. The molecule has 0 aliphatic heterocycles. The van der Waals surface area contributed by atoms with Crippen molar-refractivity contribution in [2.45, 2.75) is 6.92 Å². The van der Waals surface area contributed by atoms with E-state index in [1.165, 1.54) is 4.90 Å². The number of aryl methyl sites for hydroxylation is 1. The largest absolute Gasteiger partial charge is 0.477 e. The molecule has 3 N–H and O–H groups in total. The standard InChI is InChI=1S/C20H18N2O3S/c1-12-6-8-13(9-7-12)19(23)22(2)16-11-17(26-18(16)20(24)25)14-4-3-5-15(21)10-14/h3-11H,21H2,1-2H3,(H,24,25). The molecule has 132 valence electrons. The van der Waals surface area contributed by atoms with Crippen molar-refractivity contribution in [1.29, 1.82) is 0 Å². The number of carbonyl (C=O) groups is 2. The Bertz CT molecular complexity index is 977. The van der Waals surface area contributed by atoms with Crippen LogP contribution in [0.25, 0.3) is 10.4 Å². The number of hydrogen-bond donors (Lipinski definition) is 2. The summed E-state index contributed by atoms with van der Waals surface area (Å²) >= 11 is 1.12. The number of benzene rings is 2. The van der Waals surface area contributed by atoms with Crippen molar-refractivity contribution in [2.75, 3.05) is 17.7 Å². The van der Waals surface area contributed by atoms with Crippen LogP contribution in [0.1, 0.15) is 25.6 Å². The van der Waals surface area contributed by atoms with Gasteiger partial charge in [0.15, 0.2) is 0 Å². The van der Waals surface area contributed by atoms with Crippen LogP contribution in [0, 0.1) is 6.92 Å². The predicted molar refractivity (Wildman–Crippen MR) is 105 cm³/mol. The van der Waals surface area contributed by atoms with Crippen molar-refractivity contribution in [1.82, 2.24) is 0 Å². The van der Waals surface area contributed by atoms with E-state index in [1.807, 2.05) is 31.2 Å². The Morgan fingerprint density at radius 1 is 1.08 bits per heavy atom. The zero-order valence-electron chi connectivity index (χ0n) is 14.4. The van der Waals surface area contributed by atoms with Crippen molar-refractivity contribution in [2.24, 2.45) is 0 Å². The molecule has 1 amide bonds. The number of amides is 1. The van der Waals surface area contributed by atoms with E-state index in [9.17, 15) is 14.7 Å². The summed E-state index contributed by atoms with van der Waals surface area (Å²) in [6.45, 7) is 1.94. The summed E-state index contributed by atoms with van der Waals surface area (Å²) in [6, 6.07) is 16.1. The summed E-state index contributed by atoms with van der Waals surface area (Å²) in [6.07, 6.45) is 0. The molecule has 0 saturated carbocycles. The number of aromatic carboxylic acids is 1. The molecule has 6 heteroatoms. The Morgan fingerprint density at radius 2 is 1.77 bits per heavy atom. The van der Waals surface area contributed by atoms with E-state index in [2.05, 4.69) is 0 Å². The minimum Gasteiger partial charge on any atom is -0.477 e. The van der Waals surface area contributed by atoms with Gasteiger partial charge in [0.2, 0.25) is 0 Å². The third kappa shape index (κ3) is 3.45. The second kappa shape index (κ2) is 7.01. The van der Waals surface area contributed by atoms with Crippen LogP contribution >= 0.6 is 11.3 Å². The molecule has 1 aromatic heterocycles. The first-order chi connectivity index (χ1) is 12.4. The van der Waals surface area contributed by atoms with Crippen LogP contribution in [0.4, 0.5) is 11.4 Å². The summed E-state index contributed by atoms with van der Waals surface area (Å²) in [4.78, 5) is 26.7. The number of hydrogen-bond acceptors (Lipinski definition) is 4. The minimum absolute atomic E-state index is 0.116. The number of carbonyl (C=O) groups excluding carboxylic acids is 1. The van der Waals surface area contributed by atoms with Crippen LogP contribution in [0.15, 0.2) is 54.6 Å². The first-order valence-corrected chi connectivity index (χ1v) is 8.76.